The van der Waals surface area contributed by atoms with E-state index in [2.05, 4.69) is 0 Å². The van der Waals surface area contributed by atoms with Gasteiger partial charge in [-0.1, -0.05) is 0 Å². The highest BCUT2D eigenvalue weighted by Gasteiger charge is 2.49. The molecule has 0 radical (unpaired) electrons. The van der Waals surface area contributed by atoms with Gasteiger partial charge in [0, 0.05) is 12.1 Å². The van der Waals surface area contributed by atoms with E-state index in [0.29, 0.717) is 5.75 Å². The van der Waals surface area contributed by atoms with Crippen LogP contribution in [0.4, 0.5) is 18.9 Å². The first-order valence-corrected chi connectivity index (χ1v) is 5.46. The molecule has 3 nitrogen and oxygen atoms in total. The molecule has 0 spiro atoms. The maximum atomic E-state index is 12.8. The van der Waals surface area contributed by atoms with Crippen LogP contribution in [0, 0.1) is 0 Å². The van der Waals surface area contributed by atoms with E-state index in [1.807, 2.05) is 0 Å². The highest BCUT2D eigenvalue weighted by molar-refractivity contribution is 5.96. The standard InChI is InChI=1S/C12H12F3NO2/c1-18-9-4-2-8(3-5-9)16-10(12(13,14)15)6-7-11(16)17/h2-5,10H,6-7H2,1H3/t10-/m1/s1. The van der Waals surface area contributed by atoms with Crippen LogP contribution in [-0.4, -0.2) is 25.2 Å². The van der Waals surface area contributed by atoms with Crippen LogP contribution in [0.15, 0.2) is 24.3 Å². The van der Waals surface area contributed by atoms with Crippen LogP contribution < -0.4 is 9.64 Å². The van der Waals surface area contributed by atoms with Crippen LogP contribution in [0.25, 0.3) is 0 Å². The van der Waals surface area contributed by atoms with Crippen molar-refractivity contribution in [2.45, 2.75) is 25.1 Å². The Morgan fingerprint density at radius 1 is 1.28 bits per heavy atom. The second-order valence-corrected chi connectivity index (χ2v) is 4.06. The summed E-state index contributed by atoms with van der Waals surface area (Å²) in [6.45, 7) is 0. The fourth-order valence-electron chi connectivity index (χ4n) is 2.06. The van der Waals surface area contributed by atoms with Crippen molar-refractivity contribution in [3.05, 3.63) is 24.3 Å². The molecule has 1 aliphatic heterocycles. The van der Waals surface area contributed by atoms with E-state index in [0.717, 1.165) is 4.90 Å². The van der Waals surface area contributed by atoms with Gasteiger partial charge in [-0.2, -0.15) is 13.2 Å². The highest BCUT2D eigenvalue weighted by atomic mass is 19.4. The second kappa shape index (κ2) is 4.51. The summed E-state index contributed by atoms with van der Waals surface area (Å²) >= 11 is 0. The molecule has 1 amide bonds. The molecular weight excluding hydrogens is 247 g/mol. The molecule has 1 atom stereocenters. The molecule has 0 aromatic heterocycles. The normalized spacial score (nSPS) is 20.3. The lowest BCUT2D eigenvalue weighted by Gasteiger charge is -2.26. The summed E-state index contributed by atoms with van der Waals surface area (Å²) in [6, 6.07) is 4.27. The maximum Gasteiger partial charge on any atom is 0.409 e. The molecule has 98 valence electrons. The van der Waals surface area contributed by atoms with Crippen LogP contribution in [0.2, 0.25) is 0 Å². The Balaban J connectivity index is 2.31. The molecule has 1 aliphatic rings. The van der Waals surface area contributed by atoms with E-state index >= 15 is 0 Å². The zero-order valence-electron chi connectivity index (χ0n) is 9.70. The largest absolute Gasteiger partial charge is 0.497 e. The van der Waals surface area contributed by atoms with Crippen LogP contribution >= 0.6 is 0 Å². The van der Waals surface area contributed by atoms with Gasteiger partial charge in [-0.15, -0.1) is 0 Å². The third kappa shape index (κ3) is 2.27. The fraction of sp³-hybridized carbons (Fsp3) is 0.417. The lowest BCUT2D eigenvalue weighted by Crippen LogP contribution is -2.43. The summed E-state index contributed by atoms with van der Waals surface area (Å²) < 4.78 is 43.3. The molecule has 0 N–H and O–H groups in total. The molecule has 1 aromatic carbocycles. The molecule has 1 fully saturated rings. The van der Waals surface area contributed by atoms with Gasteiger partial charge in [-0.05, 0) is 30.7 Å². The van der Waals surface area contributed by atoms with Gasteiger partial charge in [0.15, 0.2) is 0 Å². The van der Waals surface area contributed by atoms with Gasteiger partial charge >= 0.3 is 6.18 Å². The van der Waals surface area contributed by atoms with Gasteiger partial charge in [0.2, 0.25) is 5.91 Å². The van der Waals surface area contributed by atoms with Crippen molar-refractivity contribution in [3.8, 4) is 5.75 Å². The number of methoxy groups -OCH3 is 1. The molecule has 1 saturated heterocycles. The van der Waals surface area contributed by atoms with Crippen LogP contribution in [0.3, 0.4) is 0 Å². The Labute approximate surface area is 102 Å². The van der Waals surface area contributed by atoms with E-state index < -0.39 is 18.1 Å². The van der Waals surface area contributed by atoms with E-state index in [1.54, 1.807) is 0 Å². The van der Waals surface area contributed by atoms with Gasteiger partial charge in [0.1, 0.15) is 11.8 Å². The molecule has 0 bridgehead atoms. The molecular formula is C12H12F3NO2. The average molecular weight is 259 g/mol. The smallest absolute Gasteiger partial charge is 0.409 e. The number of benzene rings is 1. The summed E-state index contributed by atoms with van der Waals surface area (Å²) in [5, 5.41) is 0. The summed E-state index contributed by atoms with van der Waals surface area (Å²) in [4.78, 5) is 12.4. The third-order valence-electron chi connectivity index (χ3n) is 2.94. The monoisotopic (exact) mass is 259 g/mol. The van der Waals surface area contributed by atoms with Crippen LogP contribution in [-0.2, 0) is 4.79 Å². The van der Waals surface area contributed by atoms with Gasteiger partial charge < -0.3 is 9.64 Å². The lowest BCUT2D eigenvalue weighted by molar-refractivity contribution is -0.148. The molecule has 2 rings (SSSR count). The maximum absolute atomic E-state index is 12.8. The zero-order valence-corrected chi connectivity index (χ0v) is 9.70. The van der Waals surface area contributed by atoms with E-state index in [1.165, 1.54) is 31.4 Å². The Kier molecular flexibility index (Phi) is 3.19. The fourth-order valence-corrected chi connectivity index (χ4v) is 2.06. The number of amides is 1. The van der Waals surface area contributed by atoms with Crippen molar-refractivity contribution in [1.29, 1.82) is 0 Å². The Morgan fingerprint density at radius 3 is 2.39 bits per heavy atom. The summed E-state index contributed by atoms with van der Waals surface area (Å²) in [7, 11) is 1.47. The summed E-state index contributed by atoms with van der Waals surface area (Å²) in [5.41, 5.74) is 0.251. The van der Waals surface area contributed by atoms with Crippen LogP contribution in [0.5, 0.6) is 5.75 Å². The number of halogens is 3. The Hall–Kier alpha value is -1.72. The number of rotatable bonds is 2. The van der Waals surface area contributed by atoms with Gasteiger partial charge in [0.05, 0.1) is 7.11 Å². The SMILES string of the molecule is COc1ccc(N2C(=O)CC[C@@H]2C(F)(F)F)cc1. The van der Waals surface area contributed by atoms with Gasteiger partial charge in [-0.25, -0.2) is 0 Å². The number of alkyl halides is 3. The van der Waals surface area contributed by atoms with E-state index in [4.69, 9.17) is 4.74 Å². The molecule has 0 unspecified atom stereocenters. The Morgan fingerprint density at radius 2 is 1.89 bits per heavy atom. The first-order valence-electron chi connectivity index (χ1n) is 5.46. The molecule has 0 aliphatic carbocycles. The first kappa shape index (κ1) is 12.7. The minimum atomic E-state index is -4.40. The molecule has 1 aromatic rings. The average Bonchev–Trinajstić information content (AvgIpc) is 2.71. The topological polar surface area (TPSA) is 29.5 Å². The molecule has 18 heavy (non-hydrogen) atoms. The van der Waals surface area contributed by atoms with Crippen LogP contribution in [0.1, 0.15) is 12.8 Å². The summed E-state index contributed by atoms with van der Waals surface area (Å²) in [5.74, 6) is 0.0384. The molecule has 1 heterocycles. The minimum Gasteiger partial charge on any atom is -0.497 e. The number of hydrogen-bond donors (Lipinski definition) is 0. The van der Waals surface area contributed by atoms with Crippen molar-refractivity contribution in [2.24, 2.45) is 0 Å². The third-order valence-corrected chi connectivity index (χ3v) is 2.94. The predicted molar refractivity (Wildman–Crippen MR) is 59.6 cm³/mol. The minimum absolute atomic E-state index is 0.0732. The highest BCUT2D eigenvalue weighted by Crippen LogP contribution is 2.36. The van der Waals surface area contributed by atoms with Crippen molar-refractivity contribution >= 4 is 11.6 Å². The molecule has 6 heteroatoms. The van der Waals surface area contributed by atoms with Gasteiger partial charge in [-0.3, -0.25) is 4.79 Å². The summed E-state index contributed by atoms with van der Waals surface area (Å²) in [6.07, 6.45) is -4.66. The Bertz CT molecular complexity index is 442. The van der Waals surface area contributed by atoms with Crippen molar-refractivity contribution in [1.82, 2.24) is 0 Å². The van der Waals surface area contributed by atoms with Crippen molar-refractivity contribution < 1.29 is 22.7 Å². The number of carbonyl (C=O) groups is 1. The zero-order chi connectivity index (χ0) is 13.3. The first-order chi connectivity index (χ1) is 8.43. The number of anilines is 1. The predicted octanol–water partition coefficient (Wildman–Crippen LogP) is 2.75. The number of nitrogens with zero attached hydrogens (tertiary/aromatic N) is 1. The van der Waals surface area contributed by atoms with E-state index in [-0.39, 0.29) is 18.5 Å². The molecule has 0 saturated carbocycles. The van der Waals surface area contributed by atoms with Crippen molar-refractivity contribution in [3.63, 3.8) is 0 Å². The lowest BCUT2D eigenvalue weighted by atomic mass is 10.2. The quantitative estimate of drug-likeness (QED) is 0.817. The number of hydrogen-bond acceptors (Lipinski definition) is 2. The number of carbonyl (C=O) groups excluding carboxylic acids is 1. The van der Waals surface area contributed by atoms with Crippen molar-refractivity contribution in [2.75, 3.05) is 12.0 Å². The van der Waals surface area contributed by atoms with E-state index in [9.17, 15) is 18.0 Å². The number of ether oxygens (including phenoxy) is 1. The second-order valence-electron chi connectivity index (χ2n) is 4.06. The van der Waals surface area contributed by atoms with Gasteiger partial charge in [0.25, 0.3) is 0 Å².